The highest BCUT2D eigenvalue weighted by Gasteiger charge is 2.38. The highest BCUT2D eigenvalue weighted by Crippen LogP contribution is 2.49. The lowest BCUT2D eigenvalue weighted by atomic mass is 9.84. The van der Waals surface area contributed by atoms with Crippen molar-refractivity contribution in [3.8, 4) is 0 Å². The van der Waals surface area contributed by atoms with E-state index in [1.165, 1.54) is 63.5 Å². The van der Waals surface area contributed by atoms with Crippen molar-refractivity contribution in [3.63, 3.8) is 0 Å². The van der Waals surface area contributed by atoms with Crippen LogP contribution in [0.3, 0.4) is 0 Å². The average Bonchev–Trinajstić information content (AvgIpc) is 3.27. The van der Waals surface area contributed by atoms with Crippen LogP contribution in [0.2, 0.25) is 0 Å². The molecule has 6 aromatic rings. The third kappa shape index (κ3) is 10.8. The Morgan fingerprint density at radius 1 is 0.464 bits per heavy atom. The van der Waals surface area contributed by atoms with Crippen molar-refractivity contribution < 1.29 is 4.79 Å². The number of halogens is 1. The Labute approximate surface area is 357 Å². The monoisotopic (exact) mass is 888 g/mol. The second-order valence-corrected chi connectivity index (χ2v) is 17.6. The number of alkyl halides is 1. The van der Waals surface area contributed by atoms with E-state index in [0.29, 0.717) is 12.3 Å². The number of nitrogens with zero attached hydrogens (tertiary/aromatic N) is 1. The molecule has 0 atom stereocenters. The summed E-state index contributed by atoms with van der Waals surface area (Å²) >= 11 is 6.20. The second kappa shape index (κ2) is 22.2. The summed E-state index contributed by atoms with van der Waals surface area (Å²) in [4.78, 5) is 16.3. The molecule has 6 heteroatoms. The van der Waals surface area contributed by atoms with E-state index in [0.717, 1.165) is 25.4 Å². The summed E-state index contributed by atoms with van der Waals surface area (Å²) < 4.78 is 0.345. The summed E-state index contributed by atoms with van der Waals surface area (Å²) in [5.74, 6) is 1.36. The zero-order chi connectivity index (χ0) is 38.7. The minimum absolute atomic E-state index is 0.0646. The highest BCUT2D eigenvalue weighted by atomic mass is 127. The predicted molar refractivity (Wildman–Crippen MR) is 250 cm³/mol. The molecule has 0 aliphatic heterocycles. The molecule has 56 heavy (non-hydrogen) atoms. The van der Waals surface area contributed by atoms with Crippen molar-refractivity contribution >= 4 is 52.0 Å². The molecule has 3 nitrogen and oxygen atoms in total. The molecule has 0 saturated heterocycles. The van der Waals surface area contributed by atoms with Crippen LogP contribution >= 0.6 is 46.1 Å². The molecular formula is C50H53IN2OS2. The van der Waals surface area contributed by atoms with Gasteiger partial charge >= 0.3 is 0 Å². The number of nitrogens with one attached hydrogen (secondary N) is 1. The molecular weight excluding hydrogens is 836 g/mol. The maximum Gasteiger partial charge on any atom is 0.230 e. The van der Waals surface area contributed by atoms with Crippen molar-refractivity contribution in [3.05, 3.63) is 215 Å². The summed E-state index contributed by atoms with van der Waals surface area (Å²) in [5, 5.41) is 3.33. The molecule has 0 aliphatic rings. The quantitative estimate of drug-likeness (QED) is 0.0319. The van der Waals surface area contributed by atoms with E-state index in [2.05, 4.69) is 215 Å². The van der Waals surface area contributed by atoms with Gasteiger partial charge in [0, 0.05) is 25.4 Å². The second-order valence-electron chi connectivity index (χ2n) is 14.0. The smallest absolute Gasteiger partial charge is 0.230 e. The van der Waals surface area contributed by atoms with Crippen molar-refractivity contribution in [1.29, 1.82) is 0 Å². The molecule has 0 unspecified atom stereocenters. The van der Waals surface area contributed by atoms with Crippen LogP contribution in [-0.4, -0.2) is 52.9 Å². The molecule has 0 bridgehead atoms. The van der Waals surface area contributed by atoms with Crippen LogP contribution in [0.25, 0.3) is 0 Å². The molecule has 0 radical (unpaired) electrons. The number of hydrogen-bond acceptors (Lipinski definition) is 4. The van der Waals surface area contributed by atoms with Gasteiger partial charge in [0.05, 0.1) is 15.2 Å². The molecule has 0 aromatic heterocycles. The van der Waals surface area contributed by atoms with Gasteiger partial charge in [0.1, 0.15) is 0 Å². The summed E-state index contributed by atoms with van der Waals surface area (Å²) in [6, 6.07) is 64.7. The van der Waals surface area contributed by atoms with Crippen LogP contribution in [0.5, 0.6) is 0 Å². The third-order valence-corrected chi connectivity index (χ3v) is 14.2. The van der Waals surface area contributed by atoms with Crippen molar-refractivity contribution in [1.82, 2.24) is 10.2 Å². The largest absolute Gasteiger partial charge is 0.354 e. The first kappa shape index (κ1) is 41.8. The number of amides is 1. The third-order valence-electron chi connectivity index (χ3n) is 10.3. The fourth-order valence-corrected chi connectivity index (χ4v) is 11.0. The Kier molecular flexibility index (Phi) is 16.6. The maximum atomic E-state index is 13.8. The van der Waals surface area contributed by atoms with Crippen LogP contribution < -0.4 is 5.32 Å². The standard InChI is InChI=1S/C50H53IN2OS2/c51-35-21-1-2-22-37-53(39-40-55-49(42-23-9-3-10-24-42,43-25-11-4-12-26-43)44-27-13-5-14-28-44)38-36-52-48(54)41-56-50(45-29-15-6-16-30-45,46-31-17-7-18-32-46)47-33-19-8-20-34-47/h3-20,23-34H,1-2,21-22,35-41H2,(H,52,54). The van der Waals surface area contributed by atoms with Gasteiger partial charge < -0.3 is 10.2 Å². The van der Waals surface area contributed by atoms with Crippen molar-refractivity contribution in [2.24, 2.45) is 0 Å². The number of benzene rings is 6. The Bertz CT molecular complexity index is 1790. The number of hydrogen-bond donors (Lipinski definition) is 1. The van der Waals surface area contributed by atoms with E-state index in [1.54, 1.807) is 11.8 Å². The molecule has 288 valence electrons. The number of thioether (sulfide) groups is 2. The van der Waals surface area contributed by atoms with Gasteiger partial charge in [-0.05, 0) is 57.2 Å². The molecule has 1 amide bonds. The summed E-state index contributed by atoms with van der Waals surface area (Å²) in [5.41, 5.74) is 7.36. The van der Waals surface area contributed by atoms with Crippen LogP contribution in [-0.2, 0) is 14.3 Å². The molecule has 0 saturated carbocycles. The first-order valence-corrected chi connectivity index (χ1v) is 23.3. The Morgan fingerprint density at radius 2 is 0.821 bits per heavy atom. The van der Waals surface area contributed by atoms with E-state index in [9.17, 15) is 4.79 Å². The van der Waals surface area contributed by atoms with Crippen LogP contribution in [0.1, 0.15) is 59.1 Å². The van der Waals surface area contributed by atoms with Crippen molar-refractivity contribution in [2.45, 2.75) is 35.2 Å². The van der Waals surface area contributed by atoms with Crippen LogP contribution in [0, 0.1) is 0 Å². The normalized spacial score (nSPS) is 11.8. The van der Waals surface area contributed by atoms with Gasteiger partial charge in [-0.25, -0.2) is 0 Å². The van der Waals surface area contributed by atoms with Crippen LogP contribution in [0.4, 0.5) is 0 Å². The van der Waals surface area contributed by atoms with Gasteiger partial charge in [-0.3, -0.25) is 4.79 Å². The minimum Gasteiger partial charge on any atom is -0.354 e. The molecule has 0 heterocycles. The fraction of sp³-hybridized carbons (Fsp3) is 0.260. The molecule has 0 fully saturated rings. The van der Waals surface area contributed by atoms with E-state index in [-0.39, 0.29) is 10.7 Å². The van der Waals surface area contributed by atoms with E-state index >= 15 is 0 Å². The van der Waals surface area contributed by atoms with E-state index in [1.807, 2.05) is 11.8 Å². The van der Waals surface area contributed by atoms with Crippen molar-refractivity contribution in [2.75, 3.05) is 42.1 Å². The first-order chi connectivity index (χ1) is 27.7. The average molecular weight is 889 g/mol. The molecule has 0 aliphatic carbocycles. The van der Waals surface area contributed by atoms with Crippen LogP contribution in [0.15, 0.2) is 182 Å². The topological polar surface area (TPSA) is 32.3 Å². The summed E-state index contributed by atoms with van der Waals surface area (Å²) in [6.07, 6.45) is 4.94. The van der Waals surface area contributed by atoms with E-state index in [4.69, 9.17) is 0 Å². The van der Waals surface area contributed by atoms with Gasteiger partial charge in [0.15, 0.2) is 0 Å². The number of unbranched alkanes of at least 4 members (excludes halogenated alkanes) is 3. The highest BCUT2D eigenvalue weighted by molar-refractivity contribution is 14.1. The SMILES string of the molecule is O=C(CSC(c1ccccc1)(c1ccccc1)c1ccccc1)NCCN(CCCCCCI)CCSC(c1ccccc1)(c1ccccc1)c1ccccc1. The van der Waals surface area contributed by atoms with Gasteiger partial charge in [-0.15, -0.1) is 23.5 Å². The maximum absolute atomic E-state index is 13.8. The minimum atomic E-state index is -0.523. The van der Waals surface area contributed by atoms with Gasteiger partial charge in [0.25, 0.3) is 0 Å². The molecule has 0 spiro atoms. The molecule has 1 N–H and O–H groups in total. The Balaban J connectivity index is 1.16. The molecule has 6 aromatic carbocycles. The Morgan fingerprint density at radius 3 is 1.20 bits per heavy atom. The zero-order valence-corrected chi connectivity index (χ0v) is 35.9. The lowest BCUT2D eigenvalue weighted by Crippen LogP contribution is -2.38. The first-order valence-electron chi connectivity index (χ1n) is 19.8. The predicted octanol–water partition coefficient (Wildman–Crippen LogP) is 11.9. The number of carbonyl (C=O) groups excluding carboxylic acids is 1. The number of carbonyl (C=O) groups is 1. The van der Waals surface area contributed by atoms with Gasteiger partial charge in [0.2, 0.25) is 5.91 Å². The summed E-state index contributed by atoms with van der Waals surface area (Å²) in [7, 11) is 0. The zero-order valence-electron chi connectivity index (χ0n) is 32.1. The fourth-order valence-electron chi connectivity index (χ4n) is 7.56. The lowest BCUT2D eigenvalue weighted by molar-refractivity contribution is -0.118. The number of rotatable bonds is 22. The molecule has 6 rings (SSSR count). The summed E-state index contributed by atoms with van der Waals surface area (Å²) in [6.45, 7) is 3.41. The van der Waals surface area contributed by atoms with Gasteiger partial charge in [-0.2, -0.15) is 0 Å². The lowest BCUT2D eigenvalue weighted by Gasteiger charge is -2.36. The van der Waals surface area contributed by atoms with E-state index < -0.39 is 4.75 Å². The Hall–Kier alpha value is -3.82. The van der Waals surface area contributed by atoms with Gasteiger partial charge in [-0.1, -0.05) is 217 Å².